The summed E-state index contributed by atoms with van der Waals surface area (Å²) in [6.45, 7) is 3.00. The third-order valence-corrected chi connectivity index (χ3v) is 26.3. The zero-order valence-corrected chi connectivity index (χ0v) is 76.8. The zero-order chi connectivity index (χ0) is 98.8. The number of carbonyl (C=O) groups is 8. The van der Waals surface area contributed by atoms with Gasteiger partial charge in [0.15, 0.2) is 37.7 Å². The number of carbonyl (C=O) groups excluding carboxylic acids is 8. The van der Waals surface area contributed by atoms with Crippen molar-refractivity contribution < 1.29 is 208 Å². The predicted octanol–water partition coefficient (Wildman–Crippen LogP) is -9.77. The van der Waals surface area contributed by atoms with Crippen LogP contribution in [0.3, 0.4) is 0 Å². The Morgan fingerprint density at radius 1 is 0.321 bits per heavy atom. The summed E-state index contributed by atoms with van der Waals surface area (Å²) in [5.41, 5.74) is -1.55. The van der Waals surface area contributed by atoms with Gasteiger partial charge < -0.3 is 199 Å². The summed E-state index contributed by atoms with van der Waals surface area (Å²) >= 11 is 0. The molecule has 0 saturated carbocycles. The lowest BCUT2D eigenvalue weighted by Gasteiger charge is -2.42. The molecule has 0 bridgehead atoms. The summed E-state index contributed by atoms with van der Waals surface area (Å²) in [6.07, 6.45) is -35.8. The van der Waals surface area contributed by atoms with Crippen molar-refractivity contribution in [3.8, 4) is 0 Å². The van der Waals surface area contributed by atoms with E-state index in [0.717, 1.165) is 19.3 Å². The van der Waals surface area contributed by atoms with Crippen molar-refractivity contribution in [3.63, 3.8) is 0 Å². The van der Waals surface area contributed by atoms with Crippen LogP contribution in [0.2, 0.25) is 0 Å². The molecule has 0 aliphatic carbocycles. The first-order valence-electron chi connectivity index (χ1n) is 46.7. The standard InChI is InChI=1S/C44H77N3O21.C42H73N3O21/c1-3-26(50)8-6-4-5-7-9-30(52)46-15-12-44(13-16-46,22-29(51)45-14-19-63-41-38(60)35(57)32(54)25(2)66-41)11-10-31(53)47(17-20-64-42-39(61)36(58)33(55)27(23-48)67-42)18-21-65-43-40(62)37(59)34(56)28(24-49)68-43;1-3-24(48)6-4-5-7-28(50)44-13-10-42(11-14-44,20-27(49)43-12-17-61-39-36(58)33(55)30(52)23(2)64-39)9-8-29(51)45(15-18-62-40-37(59)34(56)31(53)25(21-46)65-40)16-19-63-41-38(60)35(57)32(54)26(22-47)66-41/h25,27-28,32-43,48-49,54-62H,3-24H2,1-2H3,(H,45,51);23,25-26,30-41,46-47,52-60H,3-22H2,1-2H3,(H,43,49)/t25-,27+,28+,32+,33+,34+,35+,36-,37-,38-,39-,40-,41+,42-,43-;23-,25+,26+,30+,31+,32+,33+,34-,35-,36-,37-,38-,39+,40-,41-/m00/s1. The summed E-state index contributed by atoms with van der Waals surface area (Å²) in [6, 6.07) is 0. The van der Waals surface area contributed by atoms with Crippen molar-refractivity contribution in [1.29, 1.82) is 0 Å². The van der Waals surface area contributed by atoms with Crippen LogP contribution in [0.15, 0.2) is 0 Å². The Morgan fingerprint density at radius 3 is 0.843 bits per heavy atom. The molecule has 0 aromatic heterocycles. The van der Waals surface area contributed by atoms with Crippen molar-refractivity contribution in [2.75, 3.05) is 132 Å². The van der Waals surface area contributed by atoms with E-state index in [4.69, 9.17) is 56.8 Å². The van der Waals surface area contributed by atoms with Gasteiger partial charge >= 0.3 is 0 Å². The van der Waals surface area contributed by atoms with Crippen molar-refractivity contribution >= 4 is 47.0 Å². The summed E-state index contributed by atoms with van der Waals surface area (Å²) in [5.74, 6) is -1.46. The molecule has 8 aliphatic rings. The maximum Gasteiger partial charge on any atom is 0.222 e. The lowest BCUT2D eigenvalue weighted by Crippen LogP contribution is -2.59. The van der Waals surface area contributed by atoms with Gasteiger partial charge in [0.1, 0.15) is 146 Å². The number of nitrogens with one attached hydrogen (secondary N) is 2. The first-order valence-corrected chi connectivity index (χ1v) is 46.7. The Kier molecular flexibility index (Phi) is 49.8. The number of rotatable bonds is 52. The van der Waals surface area contributed by atoms with E-state index in [9.17, 15) is 151 Å². The number of ether oxygens (including phenoxy) is 12. The Balaban J connectivity index is 0.000000366. The van der Waals surface area contributed by atoms with Crippen LogP contribution in [0.5, 0.6) is 0 Å². The van der Waals surface area contributed by atoms with Gasteiger partial charge in [-0.3, -0.25) is 38.4 Å². The van der Waals surface area contributed by atoms with Crippen LogP contribution < -0.4 is 10.6 Å². The average Bonchev–Trinajstić information content (AvgIpc) is 0.810. The second-order valence-corrected chi connectivity index (χ2v) is 35.9. The minimum absolute atomic E-state index is 0.0126. The maximum atomic E-state index is 14.1. The number of aliphatic hydroxyl groups is 22. The highest BCUT2D eigenvalue weighted by atomic mass is 16.7. The van der Waals surface area contributed by atoms with E-state index in [0.29, 0.717) is 103 Å². The molecular formula is C86H150N6O42. The van der Waals surface area contributed by atoms with Gasteiger partial charge in [0.2, 0.25) is 35.4 Å². The smallest absolute Gasteiger partial charge is 0.222 e. The molecule has 30 atom stereocenters. The largest absolute Gasteiger partial charge is 0.394 e. The van der Waals surface area contributed by atoms with Crippen molar-refractivity contribution in [1.82, 2.24) is 30.2 Å². The van der Waals surface area contributed by atoms with Crippen LogP contribution in [0.25, 0.3) is 0 Å². The highest BCUT2D eigenvalue weighted by molar-refractivity contribution is 5.81. The number of hydrogen-bond acceptors (Lipinski definition) is 42. The minimum atomic E-state index is -1.71. The second kappa shape index (κ2) is 57.6. The van der Waals surface area contributed by atoms with Gasteiger partial charge in [-0.1, -0.05) is 26.7 Å². The second-order valence-electron chi connectivity index (χ2n) is 35.9. The topological polar surface area (TPSA) is 729 Å². The van der Waals surface area contributed by atoms with Crippen LogP contribution in [-0.4, -0.2) is 495 Å². The fourth-order valence-electron chi connectivity index (χ4n) is 17.3. The summed E-state index contributed by atoms with van der Waals surface area (Å²) in [5, 5.41) is 228. The van der Waals surface area contributed by atoms with Gasteiger partial charge in [-0.15, -0.1) is 0 Å². The summed E-state index contributed by atoms with van der Waals surface area (Å²) < 4.78 is 66.3. The van der Waals surface area contributed by atoms with Crippen LogP contribution >= 0.6 is 0 Å². The van der Waals surface area contributed by atoms with Crippen LogP contribution in [0.1, 0.15) is 169 Å². The molecule has 8 fully saturated rings. The van der Waals surface area contributed by atoms with E-state index >= 15 is 0 Å². The molecule has 24 N–H and O–H groups in total. The Bertz CT molecular complexity index is 3400. The quantitative estimate of drug-likeness (QED) is 0.0252. The van der Waals surface area contributed by atoms with E-state index in [1.165, 1.54) is 23.6 Å². The zero-order valence-electron chi connectivity index (χ0n) is 76.8. The molecule has 6 amide bonds. The van der Waals surface area contributed by atoms with Gasteiger partial charge in [0.05, 0.1) is 78.3 Å². The number of amides is 6. The number of ketones is 2. The third kappa shape index (κ3) is 34.0. The molecular weight excluding hydrogens is 1790 g/mol. The summed E-state index contributed by atoms with van der Waals surface area (Å²) in [4.78, 5) is 111. The van der Waals surface area contributed by atoms with E-state index in [-0.39, 0.29) is 153 Å². The molecule has 8 aliphatic heterocycles. The first kappa shape index (κ1) is 116. The molecule has 0 aromatic rings. The number of aliphatic hydroxyl groups excluding tert-OH is 22. The predicted molar refractivity (Wildman–Crippen MR) is 456 cm³/mol. The molecule has 134 heavy (non-hydrogen) atoms. The number of hydrogen-bond donors (Lipinski definition) is 24. The van der Waals surface area contributed by atoms with Gasteiger partial charge in [-0.25, -0.2) is 0 Å². The normalized spacial score (nSPS) is 34.4. The number of unbranched alkanes of at least 4 members (excludes halogenated alkanes) is 4. The van der Waals surface area contributed by atoms with Gasteiger partial charge in [0.25, 0.3) is 0 Å². The molecule has 8 saturated heterocycles. The number of nitrogens with zero attached hydrogens (tertiary/aromatic N) is 4. The van der Waals surface area contributed by atoms with E-state index in [1.807, 2.05) is 6.92 Å². The average molecular weight is 1940 g/mol. The van der Waals surface area contributed by atoms with Gasteiger partial charge in [-0.05, 0) is 88.9 Å². The molecule has 48 nitrogen and oxygen atoms in total. The lowest BCUT2D eigenvalue weighted by molar-refractivity contribution is -0.303. The molecule has 0 aromatic carbocycles. The molecule has 0 radical (unpaired) electrons. The van der Waals surface area contributed by atoms with Crippen molar-refractivity contribution in [2.24, 2.45) is 10.8 Å². The molecule has 776 valence electrons. The van der Waals surface area contributed by atoms with Crippen LogP contribution in [0, 0.1) is 10.8 Å². The number of piperidine rings is 2. The molecule has 48 heteroatoms. The van der Waals surface area contributed by atoms with E-state index in [1.54, 1.807) is 16.7 Å². The molecule has 8 heterocycles. The first-order chi connectivity index (χ1) is 63.7. The molecule has 0 unspecified atom stereocenters. The van der Waals surface area contributed by atoms with Gasteiger partial charge in [0, 0.05) is 130 Å². The fourth-order valence-corrected chi connectivity index (χ4v) is 17.3. The Labute approximate surface area is 777 Å². The highest BCUT2D eigenvalue weighted by Gasteiger charge is 2.51. The maximum absolute atomic E-state index is 14.1. The van der Waals surface area contributed by atoms with E-state index in [2.05, 4.69) is 10.6 Å². The fraction of sp³-hybridized carbons (Fsp3) is 0.907. The van der Waals surface area contributed by atoms with Gasteiger partial charge in [-0.2, -0.15) is 0 Å². The lowest BCUT2D eigenvalue weighted by atomic mass is 9.72. The highest BCUT2D eigenvalue weighted by Crippen LogP contribution is 2.43. The van der Waals surface area contributed by atoms with Crippen molar-refractivity contribution in [3.05, 3.63) is 0 Å². The Morgan fingerprint density at radius 2 is 0.567 bits per heavy atom. The van der Waals surface area contributed by atoms with Crippen LogP contribution in [0.4, 0.5) is 0 Å². The van der Waals surface area contributed by atoms with Crippen molar-refractivity contribution in [2.45, 2.75) is 353 Å². The third-order valence-electron chi connectivity index (χ3n) is 26.3. The SMILES string of the molecule is CCC(=O)CCCCC(=O)N1CCC(CCC(=O)N(CCO[C@H]2O[C@H](CO)[C@@H](O)[C@H](O)[C@@H]2O)CCO[C@H]2O[C@H](CO)[C@@H](O)[C@H](O)[C@@H]2O)(CC(=O)NCCO[C@@H]2O[C@@H](C)[C@@H](O)[C@@H](O)[C@@H]2O)CC1.CCC(=O)CCCCCCC(=O)N1CCC(CCC(=O)N(CCO[C@H]2O[C@H](CO)[C@@H](O)[C@H](O)[C@@H]2O)CCO[C@H]2O[C@H](CO)[C@@H](O)[C@H](O)[C@@H]2O)(CC(=O)NCCO[C@@H]2O[C@@H](C)[C@@H](O)[C@@H](O)[C@@H]2O)CC1. The van der Waals surface area contributed by atoms with Crippen LogP contribution in [-0.2, 0) is 95.2 Å². The minimum Gasteiger partial charge on any atom is -0.394 e. The number of Topliss-reactive ketones (excluding diaryl/α,β-unsaturated/α-hetero) is 2. The monoisotopic (exact) mass is 1940 g/mol. The molecule has 0 spiro atoms. The molecule has 8 rings (SSSR count). The van der Waals surface area contributed by atoms with E-state index < -0.39 is 239 Å². The Hall–Kier alpha value is -5.20. The summed E-state index contributed by atoms with van der Waals surface area (Å²) in [7, 11) is 0. The number of likely N-dealkylation sites (tertiary alicyclic amines) is 2.